The molecule has 0 unspecified atom stereocenters. The van der Waals surface area contributed by atoms with Crippen LogP contribution >= 0.6 is 11.6 Å². The number of hydrogen-bond acceptors (Lipinski definition) is 4. The van der Waals surface area contributed by atoms with Gasteiger partial charge in [0.05, 0.1) is 0 Å². The Morgan fingerprint density at radius 3 is 2.31 bits per heavy atom. The van der Waals surface area contributed by atoms with Crippen LogP contribution in [0.25, 0.3) is 0 Å². The number of halogens is 1. The molecule has 0 saturated carbocycles. The molecule has 1 fully saturated rings. The van der Waals surface area contributed by atoms with Crippen LogP contribution in [0.15, 0.2) is 48.5 Å². The van der Waals surface area contributed by atoms with Gasteiger partial charge in [-0.1, -0.05) is 17.7 Å². The van der Waals surface area contributed by atoms with Crippen LogP contribution in [0.5, 0.6) is 5.75 Å². The molecule has 0 aromatic heterocycles. The molecule has 1 saturated heterocycles. The summed E-state index contributed by atoms with van der Waals surface area (Å²) >= 11 is 5.83. The van der Waals surface area contributed by atoms with Gasteiger partial charge in [0.2, 0.25) is 5.91 Å². The molecular formula is C21H22ClN3O4. The van der Waals surface area contributed by atoms with Crippen molar-refractivity contribution in [3.05, 3.63) is 59.1 Å². The van der Waals surface area contributed by atoms with Crippen molar-refractivity contribution < 1.29 is 19.1 Å². The number of carbonyl (C=O) groups excluding carboxylic acids is 3. The molecule has 3 rings (SSSR count). The van der Waals surface area contributed by atoms with Gasteiger partial charge in [-0.15, -0.1) is 0 Å². The first kappa shape index (κ1) is 20.7. The number of amides is 3. The molecule has 1 N–H and O–H groups in total. The standard InChI is InChI=1S/C21H22ClN3O4/c1-15(26)23-18-4-2-3-16(13-18)21(28)25-11-9-24(10-12-25)20(27)14-29-19-7-5-17(22)6-8-19/h2-8,13H,9-12,14H2,1H3,(H,23,26). The number of carbonyl (C=O) groups is 3. The molecule has 1 aliphatic heterocycles. The molecule has 0 atom stereocenters. The van der Waals surface area contributed by atoms with E-state index >= 15 is 0 Å². The summed E-state index contributed by atoms with van der Waals surface area (Å²) in [6, 6.07) is 13.6. The molecule has 7 nitrogen and oxygen atoms in total. The van der Waals surface area contributed by atoms with Crippen LogP contribution in [-0.2, 0) is 9.59 Å². The second-order valence-corrected chi connectivity index (χ2v) is 7.11. The average molecular weight is 416 g/mol. The summed E-state index contributed by atoms with van der Waals surface area (Å²) in [7, 11) is 0. The van der Waals surface area contributed by atoms with E-state index in [1.807, 2.05) is 0 Å². The number of rotatable bonds is 5. The first-order chi connectivity index (χ1) is 13.9. The summed E-state index contributed by atoms with van der Waals surface area (Å²) < 4.78 is 5.50. The quantitative estimate of drug-likeness (QED) is 0.814. The van der Waals surface area contributed by atoms with Gasteiger partial charge in [0.25, 0.3) is 11.8 Å². The van der Waals surface area contributed by atoms with Crippen LogP contribution in [0, 0.1) is 0 Å². The van der Waals surface area contributed by atoms with Gasteiger partial charge < -0.3 is 19.9 Å². The van der Waals surface area contributed by atoms with E-state index in [4.69, 9.17) is 16.3 Å². The largest absolute Gasteiger partial charge is 0.484 e. The van der Waals surface area contributed by atoms with Crippen molar-refractivity contribution in [2.75, 3.05) is 38.1 Å². The average Bonchev–Trinajstić information content (AvgIpc) is 2.72. The van der Waals surface area contributed by atoms with E-state index in [1.54, 1.807) is 58.3 Å². The molecule has 0 radical (unpaired) electrons. The minimum Gasteiger partial charge on any atom is -0.484 e. The Hall–Kier alpha value is -3.06. The Labute approximate surface area is 174 Å². The van der Waals surface area contributed by atoms with Crippen molar-refractivity contribution in [1.29, 1.82) is 0 Å². The number of nitrogens with zero attached hydrogens (tertiary/aromatic N) is 2. The fraction of sp³-hybridized carbons (Fsp3) is 0.286. The summed E-state index contributed by atoms with van der Waals surface area (Å²) in [6.45, 7) is 3.13. The molecule has 0 bridgehead atoms. The molecule has 2 aromatic carbocycles. The Morgan fingerprint density at radius 2 is 1.66 bits per heavy atom. The zero-order valence-corrected chi connectivity index (χ0v) is 16.8. The second kappa shape index (κ2) is 9.43. The highest BCUT2D eigenvalue weighted by molar-refractivity contribution is 6.30. The maximum Gasteiger partial charge on any atom is 0.260 e. The second-order valence-electron chi connectivity index (χ2n) is 6.68. The van der Waals surface area contributed by atoms with Gasteiger partial charge in [-0.25, -0.2) is 0 Å². The number of benzene rings is 2. The van der Waals surface area contributed by atoms with Gasteiger partial charge >= 0.3 is 0 Å². The van der Waals surface area contributed by atoms with Gasteiger partial charge in [-0.3, -0.25) is 14.4 Å². The van der Waals surface area contributed by atoms with E-state index in [0.717, 1.165) is 0 Å². The van der Waals surface area contributed by atoms with Crippen LogP contribution in [0.4, 0.5) is 5.69 Å². The topological polar surface area (TPSA) is 79.0 Å². The van der Waals surface area contributed by atoms with E-state index in [-0.39, 0.29) is 24.3 Å². The van der Waals surface area contributed by atoms with Crippen LogP contribution in [0.3, 0.4) is 0 Å². The molecule has 0 aliphatic carbocycles. The Morgan fingerprint density at radius 1 is 1.00 bits per heavy atom. The number of piperazine rings is 1. The monoisotopic (exact) mass is 415 g/mol. The number of ether oxygens (including phenoxy) is 1. The molecule has 0 spiro atoms. The van der Waals surface area contributed by atoms with E-state index in [0.29, 0.717) is 48.2 Å². The molecule has 1 aliphatic rings. The number of anilines is 1. The molecule has 152 valence electrons. The van der Waals surface area contributed by atoms with Crippen LogP contribution in [-0.4, -0.2) is 60.3 Å². The first-order valence-electron chi connectivity index (χ1n) is 9.25. The highest BCUT2D eigenvalue weighted by Gasteiger charge is 2.25. The maximum atomic E-state index is 12.7. The van der Waals surface area contributed by atoms with Crippen molar-refractivity contribution in [3.63, 3.8) is 0 Å². The molecular weight excluding hydrogens is 394 g/mol. The van der Waals surface area contributed by atoms with Crippen molar-refractivity contribution in [2.45, 2.75) is 6.92 Å². The predicted octanol–water partition coefficient (Wildman–Crippen LogP) is 2.66. The predicted molar refractivity (Wildman–Crippen MR) is 110 cm³/mol. The Balaban J connectivity index is 1.50. The SMILES string of the molecule is CC(=O)Nc1cccc(C(=O)N2CCN(C(=O)COc3ccc(Cl)cc3)CC2)c1. The van der Waals surface area contributed by atoms with Gasteiger partial charge in [-0.2, -0.15) is 0 Å². The van der Waals surface area contributed by atoms with E-state index in [2.05, 4.69) is 5.32 Å². The fourth-order valence-corrected chi connectivity index (χ4v) is 3.17. The van der Waals surface area contributed by atoms with Gasteiger partial charge in [0.1, 0.15) is 5.75 Å². The lowest BCUT2D eigenvalue weighted by Gasteiger charge is -2.34. The summed E-state index contributed by atoms with van der Waals surface area (Å²) in [6.07, 6.45) is 0. The smallest absolute Gasteiger partial charge is 0.260 e. The molecule has 29 heavy (non-hydrogen) atoms. The van der Waals surface area contributed by atoms with Crippen LogP contribution < -0.4 is 10.1 Å². The number of nitrogens with one attached hydrogen (secondary N) is 1. The van der Waals surface area contributed by atoms with Crippen molar-refractivity contribution in [1.82, 2.24) is 9.80 Å². The third-order valence-electron chi connectivity index (χ3n) is 4.53. The zero-order valence-electron chi connectivity index (χ0n) is 16.1. The molecule has 2 aromatic rings. The lowest BCUT2D eigenvalue weighted by atomic mass is 10.1. The molecule has 1 heterocycles. The summed E-state index contributed by atoms with van der Waals surface area (Å²) in [5, 5.41) is 3.28. The van der Waals surface area contributed by atoms with Crippen molar-refractivity contribution in [2.24, 2.45) is 0 Å². The minimum absolute atomic E-state index is 0.0612. The first-order valence-corrected chi connectivity index (χ1v) is 9.63. The van der Waals surface area contributed by atoms with Crippen LogP contribution in [0.1, 0.15) is 17.3 Å². The van der Waals surface area contributed by atoms with Crippen molar-refractivity contribution >= 4 is 35.0 Å². The summed E-state index contributed by atoms with van der Waals surface area (Å²) in [4.78, 5) is 39.7. The molecule has 8 heteroatoms. The summed E-state index contributed by atoms with van der Waals surface area (Å²) in [5.74, 6) is 0.139. The number of hydrogen-bond donors (Lipinski definition) is 1. The van der Waals surface area contributed by atoms with E-state index in [9.17, 15) is 14.4 Å². The van der Waals surface area contributed by atoms with Crippen LogP contribution in [0.2, 0.25) is 5.02 Å². The van der Waals surface area contributed by atoms with E-state index in [1.165, 1.54) is 6.92 Å². The minimum atomic E-state index is -0.192. The lowest BCUT2D eigenvalue weighted by Crippen LogP contribution is -2.51. The Bertz CT molecular complexity index is 893. The molecule has 3 amide bonds. The highest BCUT2D eigenvalue weighted by Crippen LogP contribution is 2.17. The fourth-order valence-electron chi connectivity index (χ4n) is 3.04. The third kappa shape index (κ3) is 5.71. The highest BCUT2D eigenvalue weighted by atomic mass is 35.5. The van der Waals surface area contributed by atoms with Crippen molar-refractivity contribution in [3.8, 4) is 5.75 Å². The summed E-state index contributed by atoms with van der Waals surface area (Å²) in [5.41, 5.74) is 1.08. The zero-order chi connectivity index (χ0) is 20.8. The lowest BCUT2D eigenvalue weighted by molar-refractivity contribution is -0.134. The van der Waals surface area contributed by atoms with Gasteiger partial charge in [0.15, 0.2) is 6.61 Å². The third-order valence-corrected chi connectivity index (χ3v) is 4.78. The normalized spacial score (nSPS) is 13.7. The van der Waals surface area contributed by atoms with E-state index < -0.39 is 0 Å². The Kier molecular flexibility index (Phi) is 6.72. The van der Waals surface area contributed by atoms with Gasteiger partial charge in [0, 0.05) is 49.4 Å². The maximum absolute atomic E-state index is 12.7. The van der Waals surface area contributed by atoms with Gasteiger partial charge in [-0.05, 0) is 42.5 Å².